The molecule has 2 nitrogen and oxygen atoms in total. The Morgan fingerprint density at radius 2 is 0.857 bits per heavy atom. The number of nitrogens with zero attached hydrogens (tertiary/aromatic N) is 2. The summed E-state index contributed by atoms with van der Waals surface area (Å²) in [5, 5.41) is 0. The van der Waals surface area contributed by atoms with E-state index in [2.05, 4.69) is 86.5 Å². The number of halogens is 2. The maximum Gasteiger partial charge on any atom is 4.00 e. The van der Waals surface area contributed by atoms with Crippen LogP contribution in [0.2, 0.25) is 0 Å². The van der Waals surface area contributed by atoms with Crippen molar-refractivity contribution in [1.29, 1.82) is 0 Å². The first kappa shape index (κ1) is 26.0. The van der Waals surface area contributed by atoms with Gasteiger partial charge in [0.2, 0.25) is 0 Å². The van der Waals surface area contributed by atoms with E-state index in [9.17, 15) is 0 Å². The van der Waals surface area contributed by atoms with Crippen LogP contribution in [-0.4, -0.2) is 38.0 Å². The molecule has 0 spiro atoms. The molecule has 0 atom stereocenters. The third-order valence-corrected chi connectivity index (χ3v) is 2.46. The average Bonchev–Trinajstić information content (AvgIpc) is 2.90. The minimum absolute atomic E-state index is 0. The molecule has 2 aromatic carbocycles. The molecule has 0 bridgehead atoms. The fourth-order valence-electron chi connectivity index (χ4n) is 1.77. The molecule has 0 aliphatic heterocycles. The molecule has 0 fully saturated rings. The van der Waals surface area contributed by atoms with Gasteiger partial charge in [-0.2, -0.15) is 24.3 Å². The molecule has 21 heavy (non-hydrogen) atoms. The molecule has 2 aromatic rings. The van der Waals surface area contributed by atoms with E-state index in [4.69, 9.17) is 0 Å². The summed E-state index contributed by atoms with van der Waals surface area (Å²) in [6.45, 7) is 2.10. The van der Waals surface area contributed by atoms with Gasteiger partial charge in [0, 0.05) is 0 Å². The molecular weight excluding hydrogens is 470 g/mol. The van der Waals surface area contributed by atoms with Gasteiger partial charge in [-0.3, -0.25) is 0 Å². The predicted octanol–water partition coefficient (Wildman–Crippen LogP) is -3.06. The van der Waals surface area contributed by atoms with Crippen molar-refractivity contribution in [1.82, 2.24) is 9.80 Å². The Labute approximate surface area is 160 Å². The minimum Gasteiger partial charge on any atom is -1.00 e. The molecular formula is C16H24Cl2HfN2. The van der Waals surface area contributed by atoms with Gasteiger partial charge in [-0.1, -0.05) is 0 Å². The first-order valence-electron chi connectivity index (χ1n) is 6.28. The van der Waals surface area contributed by atoms with E-state index in [-0.39, 0.29) is 50.7 Å². The number of hydrogen-bond donors (Lipinski definition) is 0. The number of hydrogen-bond acceptors (Lipinski definition) is 2. The first-order valence-corrected chi connectivity index (χ1v) is 6.28. The average molecular weight is 494 g/mol. The molecule has 116 valence electrons. The van der Waals surface area contributed by atoms with Gasteiger partial charge >= 0.3 is 25.8 Å². The van der Waals surface area contributed by atoms with Crippen molar-refractivity contribution < 1.29 is 50.7 Å². The summed E-state index contributed by atoms with van der Waals surface area (Å²) in [5.74, 6) is 0. The standard InChI is InChI=1S/2C8H12N.2ClH.Hf/c2*1-9(2)7-8-5-3-4-6-8;;;/h2*3-6H,7H2,1-2H3;2*1H;/q2*-1;;;+4/p-2. The molecule has 0 saturated heterocycles. The van der Waals surface area contributed by atoms with Crippen LogP contribution in [0.15, 0.2) is 48.5 Å². The zero-order valence-corrected chi connectivity index (χ0v) is 18.3. The fourth-order valence-corrected chi connectivity index (χ4v) is 1.77. The van der Waals surface area contributed by atoms with Crippen molar-refractivity contribution in [3.8, 4) is 0 Å². The third-order valence-electron chi connectivity index (χ3n) is 2.46. The van der Waals surface area contributed by atoms with E-state index in [1.807, 2.05) is 0 Å². The smallest absolute Gasteiger partial charge is 1.00 e. The Kier molecular flexibility index (Phi) is 18.5. The summed E-state index contributed by atoms with van der Waals surface area (Å²) >= 11 is 0. The molecule has 0 radical (unpaired) electrons. The van der Waals surface area contributed by atoms with Crippen LogP contribution in [0.3, 0.4) is 0 Å². The first-order chi connectivity index (χ1) is 8.58. The summed E-state index contributed by atoms with van der Waals surface area (Å²) in [5.41, 5.74) is 2.78. The van der Waals surface area contributed by atoms with Crippen LogP contribution in [0, 0.1) is 0 Å². The third kappa shape index (κ3) is 13.5. The molecule has 0 heterocycles. The molecule has 0 N–H and O–H groups in total. The van der Waals surface area contributed by atoms with E-state index in [0.717, 1.165) is 13.1 Å². The zero-order chi connectivity index (χ0) is 13.4. The Morgan fingerprint density at radius 1 is 0.619 bits per heavy atom. The molecule has 0 amide bonds. The van der Waals surface area contributed by atoms with E-state index >= 15 is 0 Å². The zero-order valence-electron chi connectivity index (χ0n) is 13.2. The maximum atomic E-state index is 2.16. The van der Waals surface area contributed by atoms with Gasteiger partial charge in [-0.15, -0.1) is 11.1 Å². The molecule has 5 heteroatoms. The molecule has 0 aliphatic carbocycles. The number of rotatable bonds is 4. The monoisotopic (exact) mass is 494 g/mol. The Balaban J connectivity index is -0.000000270. The molecule has 0 aliphatic rings. The molecule has 0 unspecified atom stereocenters. The maximum absolute atomic E-state index is 2.16. The van der Waals surface area contributed by atoms with Gasteiger partial charge in [0.05, 0.1) is 0 Å². The summed E-state index contributed by atoms with van der Waals surface area (Å²) in [7, 11) is 8.31. The van der Waals surface area contributed by atoms with Crippen molar-refractivity contribution in [2.45, 2.75) is 13.1 Å². The van der Waals surface area contributed by atoms with Crippen LogP contribution in [0.5, 0.6) is 0 Å². The Bertz CT molecular complexity index is 358. The van der Waals surface area contributed by atoms with Gasteiger partial charge in [0.25, 0.3) is 0 Å². The van der Waals surface area contributed by atoms with Crippen LogP contribution in [0.1, 0.15) is 11.1 Å². The van der Waals surface area contributed by atoms with Crippen LogP contribution < -0.4 is 24.8 Å². The van der Waals surface area contributed by atoms with Gasteiger partial charge in [-0.05, 0) is 41.3 Å². The van der Waals surface area contributed by atoms with E-state index < -0.39 is 0 Å². The van der Waals surface area contributed by atoms with Gasteiger partial charge in [0.1, 0.15) is 0 Å². The normalized spacial score (nSPS) is 9.05. The predicted molar refractivity (Wildman–Crippen MR) is 78.9 cm³/mol. The molecule has 2 rings (SSSR count). The summed E-state index contributed by atoms with van der Waals surface area (Å²) in [6, 6.07) is 16.8. The van der Waals surface area contributed by atoms with Crippen molar-refractivity contribution in [3.63, 3.8) is 0 Å². The van der Waals surface area contributed by atoms with Crippen molar-refractivity contribution in [3.05, 3.63) is 59.7 Å². The van der Waals surface area contributed by atoms with Crippen LogP contribution in [0.25, 0.3) is 0 Å². The van der Waals surface area contributed by atoms with E-state index in [0.29, 0.717) is 0 Å². The SMILES string of the molecule is CN(C)C[c-]1cccc1.CN(C)C[c-]1cccc1.[Cl-].[Cl-].[Hf+4]. The van der Waals surface area contributed by atoms with E-state index in [1.54, 1.807) is 0 Å². The van der Waals surface area contributed by atoms with Crippen LogP contribution in [0.4, 0.5) is 0 Å². The largest absolute Gasteiger partial charge is 4.00 e. The summed E-state index contributed by atoms with van der Waals surface area (Å²) in [4.78, 5) is 4.32. The van der Waals surface area contributed by atoms with Crippen LogP contribution in [-0.2, 0) is 38.9 Å². The van der Waals surface area contributed by atoms with Gasteiger partial charge in [0.15, 0.2) is 0 Å². The Morgan fingerprint density at radius 3 is 1.05 bits per heavy atom. The Hall–Kier alpha value is 0.0701. The van der Waals surface area contributed by atoms with Crippen molar-refractivity contribution in [2.24, 2.45) is 0 Å². The van der Waals surface area contributed by atoms with Gasteiger partial charge < -0.3 is 34.6 Å². The molecule has 0 aromatic heterocycles. The second-order valence-electron chi connectivity index (χ2n) is 5.06. The summed E-state index contributed by atoms with van der Waals surface area (Å²) in [6.07, 6.45) is 0. The minimum atomic E-state index is 0. The van der Waals surface area contributed by atoms with Crippen molar-refractivity contribution in [2.75, 3.05) is 28.2 Å². The van der Waals surface area contributed by atoms with Gasteiger partial charge in [-0.25, -0.2) is 24.3 Å². The summed E-state index contributed by atoms with van der Waals surface area (Å²) < 4.78 is 0. The second-order valence-corrected chi connectivity index (χ2v) is 5.06. The topological polar surface area (TPSA) is 6.48 Å². The molecule has 0 saturated carbocycles. The van der Waals surface area contributed by atoms with Crippen molar-refractivity contribution >= 4 is 0 Å². The second kappa shape index (κ2) is 15.0. The quantitative estimate of drug-likeness (QED) is 0.330. The fraction of sp³-hybridized carbons (Fsp3) is 0.375. The van der Waals surface area contributed by atoms with Crippen LogP contribution >= 0.6 is 0 Å². The van der Waals surface area contributed by atoms with E-state index in [1.165, 1.54) is 11.1 Å².